The van der Waals surface area contributed by atoms with Crippen molar-refractivity contribution >= 4 is 11.9 Å². The number of amides is 1. The number of hydrogen-bond donors (Lipinski definition) is 1. The molecule has 1 amide bonds. The fraction of sp³-hybridized carbons (Fsp3) is 0.636. The number of β-amino-alcohol motifs (C(OH)–C–C–N with tert-alkyl or cyclic N) is 1. The van der Waals surface area contributed by atoms with Crippen LogP contribution in [0, 0.1) is 20.8 Å². The van der Waals surface area contributed by atoms with E-state index < -0.39 is 11.5 Å². The molecule has 1 N–H and O–H groups in total. The summed E-state index contributed by atoms with van der Waals surface area (Å²) in [5, 5.41) is 9.14. The van der Waals surface area contributed by atoms with Crippen LogP contribution in [0.15, 0.2) is 0 Å². The zero-order chi connectivity index (χ0) is 21.5. The van der Waals surface area contributed by atoms with Crippen molar-refractivity contribution < 1.29 is 24.2 Å². The van der Waals surface area contributed by atoms with Crippen LogP contribution < -0.4 is 9.47 Å². The normalized spacial score (nSPS) is 20.9. The second-order valence-electron chi connectivity index (χ2n) is 8.57. The molecule has 0 aliphatic carbocycles. The molecular weight excluding hydrogens is 372 g/mol. The molecule has 2 aliphatic rings. The maximum absolute atomic E-state index is 13.6. The van der Waals surface area contributed by atoms with Gasteiger partial charge < -0.3 is 19.5 Å². The average molecular weight is 405 g/mol. The lowest BCUT2D eigenvalue weighted by Gasteiger charge is -2.37. The molecular formula is C22H32N2O5. The van der Waals surface area contributed by atoms with Crippen LogP contribution in [-0.4, -0.2) is 71.7 Å². The summed E-state index contributed by atoms with van der Waals surface area (Å²) < 4.78 is 11.8. The van der Waals surface area contributed by atoms with Crippen LogP contribution in [0.4, 0.5) is 0 Å². The van der Waals surface area contributed by atoms with E-state index >= 15 is 0 Å². The molecule has 0 radical (unpaired) electrons. The van der Waals surface area contributed by atoms with E-state index in [0.717, 1.165) is 41.1 Å². The van der Waals surface area contributed by atoms with E-state index in [2.05, 4.69) is 4.90 Å². The standard InChI is InChI=1S/C22H32N2O5/c1-13-14(2)20-17(15(3)19(13)28-16(4)26)18(22(5,6)29-20)21(27)24-9-7-23(8-10-24)11-12-25/h18,25H,7-12H2,1-6H3. The van der Waals surface area contributed by atoms with Crippen LogP contribution in [0.25, 0.3) is 0 Å². The predicted molar refractivity (Wildman–Crippen MR) is 110 cm³/mol. The molecule has 0 spiro atoms. The van der Waals surface area contributed by atoms with Crippen LogP contribution in [0.1, 0.15) is 48.9 Å². The lowest BCUT2D eigenvalue weighted by Crippen LogP contribution is -2.52. The van der Waals surface area contributed by atoms with Gasteiger partial charge in [-0.15, -0.1) is 0 Å². The van der Waals surface area contributed by atoms with E-state index in [1.54, 1.807) is 0 Å². The summed E-state index contributed by atoms with van der Waals surface area (Å²) in [4.78, 5) is 29.3. The Morgan fingerprint density at radius 2 is 1.72 bits per heavy atom. The average Bonchev–Trinajstić information content (AvgIpc) is 2.95. The molecule has 1 aromatic carbocycles. The van der Waals surface area contributed by atoms with E-state index in [-0.39, 0.29) is 18.5 Å². The molecule has 1 saturated heterocycles. The number of aliphatic hydroxyl groups is 1. The third-order valence-electron chi connectivity index (χ3n) is 6.17. The Morgan fingerprint density at radius 3 is 2.28 bits per heavy atom. The first-order chi connectivity index (χ1) is 13.6. The summed E-state index contributed by atoms with van der Waals surface area (Å²) in [5.74, 6) is 0.461. The lowest BCUT2D eigenvalue weighted by atomic mass is 9.82. The van der Waals surface area contributed by atoms with Crippen molar-refractivity contribution in [3.8, 4) is 11.5 Å². The lowest BCUT2D eigenvalue weighted by molar-refractivity contribution is -0.138. The zero-order valence-electron chi connectivity index (χ0n) is 18.3. The molecule has 7 nitrogen and oxygen atoms in total. The molecule has 1 atom stereocenters. The predicted octanol–water partition coefficient (Wildman–Crippen LogP) is 1.93. The van der Waals surface area contributed by atoms with Gasteiger partial charge in [0.1, 0.15) is 23.0 Å². The Labute approximate surface area is 172 Å². The summed E-state index contributed by atoms with van der Waals surface area (Å²) in [5.41, 5.74) is 2.69. The smallest absolute Gasteiger partial charge is 0.308 e. The second-order valence-corrected chi connectivity index (χ2v) is 8.57. The number of hydrogen-bond acceptors (Lipinski definition) is 6. The highest BCUT2D eigenvalue weighted by molar-refractivity contribution is 5.89. The number of esters is 1. The van der Waals surface area contributed by atoms with Crippen molar-refractivity contribution in [3.63, 3.8) is 0 Å². The van der Waals surface area contributed by atoms with Crippen LogP contribution in [-0.2, 0) is 9.59 Å². The van der Waals surface area contributed by atoms with E-state index in [0.29, 0.717) is 25.4 Å². The Bertz CT molecular complexity index is 825. The van der Waals surface area contributed by atoms with Gasteiger partial charge in [0.05, 0.1) is 6.61 Å². The van der Waals surface area contributed by atoms with Crippen molar-refractivity contribution in [1.82, 2.24) is 9.80 Å². The van der Waals surface area contributed by atoms with Gasteiger partial charge in [-0.05, 0) is 51.3 Å². The molecule has 0 bridgehead atoms. The Hall–Kier alpha value is -2.12. The summed E-state index contributed by atoms with van der Waals surface area (Å²) in [6, 6.07) is 0. The van der Waals surface area contributed by atoms with Crippen molar-refractivity contribution in [2.24, 2.45) is 0 Å². The Balaban J connectivity index is 1.98. The first-order valence-electron chi connectivity index (χ1n) is 10.2. The quantitative estimate of drug-likeness (QED) is 0.610. The summed E-state index contributed by atoms with van der Waals surface area (Å²) >= 11 is 0. The maximum Gasteiger partial charge on any atom is 0.308 e. The number of nitrogens with zero attached hydrogens (tertiary/aromatic N) is 2. The molecule has 160 valence electrons. The fourth-order valence-corrected chi connectivity index (χ4v) is 4.50. The minimum atomic E-state index is -0.696. The highest BCUT2D eigenvalue weighted by Gasteiger charge is 2.50. The van der Waals surface area contributed by atoms with Gasteiger partial charge >= 0.3 is 5.97 Å². The van der Waals surface area contributed by atoms with E-state index in [1.807, 2.05) is 39.5 Å². The first-order valence-corrected chi connectivity index (χ1v) is 10.2. The van der Waals surface area contributed by atoms with E-state index in [9.17, 15) is 9.59 Å². The molecule has 29 heavy (non-hydrogen) atoms. The third kappa shape index (κ3) is 3.85. The monoisotopic (exact) mass is 404 g/mol. The zero-order valence-corrected chi connectivity index (χ0v) is 18.3. The molecule has 1 unspecified atom stereocenters. The van der Waals surface area contributed by atoms with Crippen molar-refractivity contribution in [1.29, 1.82) is 0 Å². The Morgan fingerprint density at radius 1 is 1.10 bits per heavy atom. The van der Waals surface area contributed by atoms with Crippen LogP contribution in [0.3, 0.4) is 0 Å². The molecule has 0 saturated carbocycles. The number of rotatable bonds is 4. The van der Waals surface area contributed by atoms with Gasteiger partial charge in [-0.3, -0.25) is 14.5 Å². The van der Waals surface area contributed by atoms with E-state index in [1.165, 1.54) is 6.92 Å². The molecule has 7 heteroatoms. The molecule has 1 fully saturated rings. The highest BCUT2D eigenvalue weighted by Crippen LogP contribution is 2.52. The fourth-order valence-electron chi connectivity index (χ4n) is 4.50. The summed E-state index contributed by atoms with van der Waals surface area (Å²) in [6.45, 7) is 14.5. The van der Waals surface area contributed by atoms with Crippen LogP contribution >= 0.6 is 0 Å². The van der Waals surface area contributed by atoms with Crippen molar-refractivity contribution in [3.05, 3.63) is 22.3 Å². The van der Waals surface area contributed by atoms with Gasteiger partial charge in [-0.25, -0.2) is 0 Å². The number of piperazine rings is 1. The maximum atomic E-state index is 13.6. The minimum absolute atomic E-state index is 0.0394. The highest BCUT2D eigenvalue weighted by atomic mass is 16.5. The van der Waals surface area contributed by atoms with Gasteiger partial charge in [0.2, 0.25) is 5.91 Å². The van der Waals surface area contributed by atoms with Gasteiger partial charge in [-0.2, -0.15) is 0 Å². The second kappa shape index (κ2) is 7.95. The van der Waals surface area contributed by atoms with Crippen LogP contribution in [0.2, 0.25) is 0 Å². The molecule has 2 aliphatic heterocycles. The molecule has 2 heterocycles. The summed E-state index contributed by atoms with van der Waals surface area (Å²) in [7, 11) is 0. The van der Waals surface area contributed by atoms with Crippen LogP contribution in [0.5, 0.6) is 11.5 Å². The van der Waals surface area contributed by atoms with Gasteiger partial charge in [-0.1, -0.05) is 0 Å². The number of benzene rings is 1. The number of carbonyl (C=O) groups excluding carboxylic acids is 2. The number of fused-ring (bicyclic) bond motifs is 1. The van der Waals surface area contributed by atoms with Gasteiger partial charge in [0, 0.05) is 45.2 Å². The molecule has 0 aromatic heterocycles. The first kappa shape index (κ1) is 21.6. The SMILES string of the molecule is CC(=O)Oc1c(C)c(C)c2c(c1C)C(C(=O)N1CCN(CCO)CC1)C(C)(C)O2. The molecule has 1 aromatic rings. The van der Waals surface area contributed by atoms with Crippen molar-refractivity contribution in [2.45, 2.75) is 53.1 Å². The number of ether oxygens (including phenoxy) is 2. The third-order valence-corrected chi connectivity index (χ3v) is 6.17. The Kier molecular flexibility index (Phi) is 5.92. The van der Waals surface area contributed by atoms with Crippen molar-refractivity contribution in [2.75, 3.05) is 39.3 Å². The number of aliphatic hydroxyl groups excluding tert-OH is 1. The molecule has 3 rings (SSSR count). The number of carbonyl (C=O) groups is 2. The topological polar surface area (TPSA) is 79.3 Å². The largest absolute Gasteiger partial charge is 0.486 e. The van der Waals surface area contributed by atoms with E-state index in [4.69, 9.17) is 14.6 Å². The minimum Gasteiger partial charge on any atom is -0.486 e. The van der Waals surface area contributed by atoms with Gasteiger partial charge in [0.15, 0.2) is 0 Å². The summed E-state index contributed by atoms with van der Waals surface area (Å²) in [6.07, 6.45) is 0. The van der Waals surface area contributed by atoms with Gasteiger partial charge in [0.25, 0.3) is 0 Å².